The average Bonchev–Trinajstić information content (AvgIpc) is 2.98. The zero-order chi connectivity index (χ0) is 25.2. The van der Waals surface area contributed by atoms with E-state index in [9.17, 15) is 31.5 Å². The van der Waals surface area contributed by atoms with Crippen molar-refractivity contribution in [1.29, 1.82) is 0 Å². The van der Waals surface area contributed by atoms with Crippen LogP contribution in [0.3, 0.4) is 0 Å². The van der Waals surface area contributed by atoms with Gasteiger partial charge >= 0.3 is 6.18 Å². The summed E-state index contributed by atoms with van der Waals surface area (Å²) in [7, 11) is 1.03. The van der Waals surface area contributed by atoms with Gasteiger partial charge in [-0.2, -0.15) is 17.6 Å². The molecule has 4 rings (SSSR count). The van der Waals surface area contributed by atoms with Gasteiger partial charge in [0.2, 0.25) is 5.82 Å². The number of rotatable bonds is 3. The van der Waals surface area contributed by atoms with Crippen molar-refractivity contribution >= 4 is 23.2 Å². The second-order valence-electron chi connectivity index (χ2n) is 8.17. The number of amides is 2. The summed E-state index contributed by atoms with van der Waals surface area (Å²) in [4.78, 5) is 28.8. The van der Waals surface area contributed by atoms with Gasteiger partial charge in [0.05, 0.1) is 18.5 Å². The van der Waals surface area contributed by atoms with Crippen molar-refractivity contribution < 1.29 is 41.0 Å². The number of carbonyl (C=O) groups is 2. The van der Waals surface area contributed by atoms with Gasteiger partial charge in [0.25, 0.3) is 11.8 Å². The lowest BCUT2D eigenvalue weighted by Crippen LogP contribution is -2.48. The Morgan fingerprint density at radius 3 is 2.59 bits per heavy atom. The highest BCUT2D eigenvalue weighted by Crippen LogP contribution is 2.57. The van der Waals surface area contributed by atoms with Gasteiger partial charge in [-0.25, -0.2) is 9.40 Å². The number of hydrogen-bond donors (Lipinski definition) is 2. The lowest BCUT2D eigenvalue weighted by Gasteiger charge is -2.33. The number of alkyl halides is 3. The van der Waals surface area contributed by atoms with E-state index in [1.807, 2.05) is 0 Å². The van der Waals surface area contributed by atoms with Gasteiger partial charge in [0.15, 0.2) is 17.2 Å². The van der Waals surface area contributed by atoms with Crippen molar-refractivity contribution in [2.75, 3.05) is 17.5 Å². The van der Waals surface area contributed by atoms with Crippen LogP contribution >= 0.6 is 0 Å². The second-order valence-corrected chi connectivity index (χ2v) is 8.17. The van der Waals surface area contributed by atoms with Gasteiger partial charge in [0.1, 0.15) is 11.8 Å². The minimum atomic E-state index is -4.89. The predicted molar refractivity (Wildman–Crippen MR) is 108 cm³/mol. The maximum absolute atomic E-state index is 14.6. The fraction of sp³-hybridized carbons (Fsp3) is 0.381. The van der Waals surface area contributed by atoms with Crippen molar-refractivity contribution in [3.63, 3.8) is 0 Å². The summed E-state index contributed by atoms with van der Waals surface area (Å²) in [6, 6.07) is 3.10. The molecule has 2 aliphatic rings. The van der Waals surface area contributed by atoms with Crippen molar-refractivity contribution in [3.8, 4) is 5.75 Å². The van der Waals surface area contributed by atoms with E-state index in [4.69, 9.17) is 15.2 Å². The smallest absolute Gasteiger partial charge is 0.417 e. The molecule has 4 atom stereocenters. The number of aromatic nitrogens is 1. The largest absolute Gasteiger partial charge is 0.493 e. The third kappa shape index (κ3) is 3.33. The number of primary amides is 1. The number of anilines is 2. The quantitative estimate of drug-likeness (QED) is 0.645. The number of carbonyl (C=O) groups excluding carboxylic acids is 2. The summed E-state index contributed by atoms with van der Waals surface area (Å²) in [6.45, 7) is 2.00. The highest BCUT2D eigenvalue weighted by atomic mass is 19.4. The van der Waals surface area contributed by atoms with Crippen LogP contribution in [-0.4, -0.2) is 41.8 Å². The molecule has 0 aliphatic carbocycles. The number of hydrogen-bond acceptors (Lipinski definition) is 6. The molecule has 1 aromatic heterocycles. The van der Waals surface area contributed by atoms with E-state index in [0.29, 0.717) is 6.07 Å². The fourth-order valence-electron chi connectivity index (χ4n) is 4.41. The summed E-state index contributed by atoms with van der Waals surface area (Å²) in [5.74, 6) is -8.12. The van der Waals surface area contributed by atoms with Gasteiger partial charge in [0, 0.05) is 29.7 Å². The van der Waals surface area contributed by atoms with Crippen LogP contribution in [0.5, 0.6) is 5.75 Å². The number of methoxy groups -OCH3 is 1. The number of ether oxygens (including phenoxy) is 2. The van der Waals surface area contributed by atoms with E-state index in [2.05, 4.69) is 10.4 Å². The van der Waals surface area contributed by atoms with Crippen molar-refractivity contribution in [2.24, 2.45) is 11.7 Å². The number of hydrazine groups is 1. The first-order valence-corrected chi connectivity index (χ1v) is 9.98. The van der Waals surface area contributed by atoms with E-state index in [1.165, 1.54) is 13.0 Å². The first kappa shape index (κ1) is 23.7. The van der Waals surface area contributed by atoms with Gasteiger partial charge in [-0.3, -0.25) is 20.0 Å². The van der Waals surface area contributed by atoms with Crippen molar-refractivity contribution in [3.05, 3.63) is 47.3 Å². The van der Waals surface area contributed by atoms with E-state index in [1.54, 1.807) is 0 Å². The fourth-order valence-corrected chi connectivity index (χ4v) is 4.41. The normalized spacial score (nSPS) is 26.4. The molecular weight excluding hydrogens is 467 g/mol. The van der Waals surface area contributed by atoms with Crippen LogP contribution in [0, 0.1) is 17.6 Å². The Morgan fingerprint density at radius 1 is 1.32 bits per heavy atom. The summed E-state index contributed by atoms with van der Waals surface area (Å²) in [6.07, 6.45) is -5.50. The molecule has 2 aliphatic heterocycles. The third-order valence-corrected chi connectivity index (χ3v) is 6.37. The molecule has 13 heteroatoms. The second kappa shape index (κ2) is 7.79. The lowest BCUT2D eigenvalue weighted by atomic mass is 9.76. The van der Waals surface area contributed by atoms with E-state index in [0.717, 1.165) is 31.3 Å². The maximum atomic E-state index is 14.6. The van der Waals surface area contributed by atoms with Crippen LogP contribution in [0.25, 0.3) is 0 Å². The number of nitrogens with two attached hydrogens (primary N) is 1. The topological polar surface area (TPSA) is 107 Å². The number of nitrogens with one attached hydrogen (secondary N) is 1. The number of nitrogens with zero attached hydrogens (tertiary/aromatic N) is 2. The molecule has 2 amide bonds. The van der Waals surface area contributed by atoms with Crippen LogP contribution in [0.4, 0.5) is 33.3 Å². The molecule has 1 saturated heterocycles. The van der Waals surface area contributed by atoms with Crippen LogP contribution in [0.2, 0.25) is 0 Å². The molecule has 1 aromatic carbocycles. The SMILES string of the molecule is COc1c(F)c(F)cc2c1[C@H]1[C@@H](O[C@@](C)(C(F)(F)F)[C@H]1C)C(=O)N(c1ccnc(C(N)=O)c1)N2. The number of benzene rings is 1. The summed E-state index contributed by atoms with van der Waals surface area (Å²) < 4.78 is 81.5. The molecule has 0 spiro atoms. The van der Waals surface area contributed by atoms with Gasteiger partial charge < -0.3 is 15.2 Å². The number of halogens is 5. The molecule has 34 heavy (non-hydrogen) atoms. The molecule has 1 fully saturated rings. The van der Waals surface area contributed by atoms with E-state index in [-0.39, 0.29) is 22.6 Å². The molecule has 3 heterocycles. The monoisotopic (exact) mass is 486 g/mol. The standard InChI is InChI=1S/C21H19F5N4O4/c1-8-13-14-11(7-10(22)15(23)16(14)33-3)29-30(9-4-5-28-12(6-9)18(27)31)19(32)17(13)34-20(8,2)21(24,25)26/h4-8,13,17,29H,1-3H3,(H2,27,31)/t8-,13-,17+,20+/m0/s1. The average molecular weight is 486 g/mol. The Kier molecular flexibility index (Phi) is 5.42. The molecule has 0 saturated carbocycles. The highest BCUT2D eigenvalue weighted by Gasteiger charge is 2.67. The maximum Gasteiger partial charge on any atom is 0.417 e. The number of pyridine rings is 1. The molecule has 8 nitrogen and oxygen atoms in total. The summed E-state index contributed by atoms with van der Waals surface area (Å²) in [5, 5.41) is 0.781. The van der Waals surface area contributed by atoms with Crippen LogP contribution in [0.1, 0.15) is 35.8 Å². The van der Waals surface area contributed by atoms with E-state index < -0.39 is 58.9 Å². The van der Waals surface area contributed by atoms with Crippen molar-refractivity contribution in [2.45, 2.75) is 37.6 Å². The minimum Gasteiger partial charge on any atom is -0.493 e. The Balaban J connectivity index is 1.98. The van der Waals surface area contributed by atoms with Gasteiger partial charge in [-0.15, -0.1) is 0 Å². The Hall–Kier alpha value is -3.48. The third-order valence-electron chi connectivity index (χ3n) is 6.37. The van der Waals surface area contributed by atoms with E-state index >= 15 is 0 Å². The minimum absolute atomic E-state index is 0.0408. The lowest BCUT2D eigenvalue weighted by molar-refractivity contribution is -0.272. The van der Waals surface area contributed by atoms with Crippen LogP contribution < -0.4 is 20.9 Å². The molecular formula is C21H19F5N4O4. The first-order chi connectivity index (χ1) is 15.8. The van der Waals surface area contributed by atoms with Crippen molar-refractivity contribution in [1.82, 2.24) is 4.98 Å². The molecule has 3 N–H and O–H groups in total. The number of fused-ring (bicyclic) bond motifs is 3. The molecule has 2 aromatic rings. The Bertz CT molecular complexity index is 1190. The molecule has 0 bridgehead atoms. The molecule has 0 radical (unpaired) electrons. The highest BCUT2D eigenvalue weighted by molar-refractivity contribution is 6.02. The Morgan fingerprint density at radius 2 is 2.00 bits per heavy atom. The molecule has 0 unspecified atom stereocenters. The summed E-state index contributed by atoms with van der Waals surface area (Å²) in [5.41, 5.74) is 4.37. The first-order valence-electron chi connectivity index (χ1n) is 9.98. The van der Waals surface area contributed by atoms with Crippen LogP contribution in [0.15, 0.2) is 24.4 Å². The summed E-state index contributed by atoms with van der Waals surface area (Å²) >= 11 is 0. The Labute approximate surface area is 189 Å². The van der Waals surface area contributed by atoms with Crippen LogP contribution in [-0.2, 0) is 9.53 Å². The zero-order valence-electron chi connectivity index (χ0n) is 18.0. The van der Waals surface area contributed by atoms with Gasteiger partial charge in [-0.1, -0.05) is 6.92 Å². The predicted octanol–water partition coefficient (Wildman–Crippen LogP) is 3.28. The molecule has 182 valence electrons. The zero-order valence-corrected chi connectivity index (χ0v) is 18.0. The van der Waals surface area contributed by atoms with Gasteiger partial charge in [-0.05, 0) is 19.1 Å².